The molecule has 3 heterocycles. The van der Waals surface area contributed by atoms with Gasteiger partial charge in [-0.1, -0.05) is 12.0 Å². The van der Waals surface area contributed by atoms with E-state index < -0.39 is 12.1 Å². The van der Waals surface area contributed by atoms with E-state index in [1.54, 1.807) is 24.4 Å². The van der Waals surface area contributed by atoms with Gasteiger partial charge in [-0.3, -0.25) is 0 Å². The van der Waals surface area contributed by atoms with Crippen molar-refractivity contribution < 1.29 is 14.6 Å². The van der Waals surface area contributed by atoms with Crippen molar-refractivity contribution in [2.24, 2.45) is 0 Å². The number of nitrogens with one attached hydrogen (secondary N) is 1. The minimum absolute atomic E-state index is 0.0865. The number of hydrogen-bond donors (Lipinski definition) is 3. The summed E-state index contributed by atoms with van der Waals surface area (Å²) in [7, 11) is 0. The van der Waals surface area contributed by atoms with Gasteiger partial charge in [0.25, 0.3) is 5.91 Å². The van der Waals surface area contributed by atoms with Gasteiger partial charge in [-0.2, -0.15) is 4.98 Å². The summed E-state index contributed by atoms with van der Waals surface area (Å²) in [5.41, 5.74) is 2.70. The fourth-order valence-corrected chi connectivity index (χ4v) is 3.87. The molecule has 0 aromatic carbocycles. The SMILES string of the molecule is CC#Cc1c(CCC(C)F)c(C)c2c(NC(O)(O)c3cccs3)nc(Cl)nn12. The van der Waals surface area contributed by atoms with Crippen molar-refractivity contribution in [2.75, 3.05) is 5.32 Å². The quantitative estimate of drug-likeness (QED) is 0.417. The van der Waals surface area contributed by atoms with Crippen LogP contribution in [0.1, 0.15) is 42.0 Å². The molecule has 6 nitrogen and oxygen atoms in total. The number of rotatable bonds is 6. The van der Waals surface area contributed by atoms with Gasteiger partial charge in [0.15, 0.2) is 5.82 Å². The summed E-state index contributed by atoms with van der Waals surface area (Å²) in [6.45, 7) is 5.05. The van der Waals surface area contributed by atoms with Gasteiger partial charge in [0, 0.05) is 0 Å². The van der Waals surface area contributed by atoms with Crippen LogP contribution >= 0.6 is 22.9 Å². The van der Waals surface area contributed by atoms with E-state index in [1.165, 1.54) is 22.8 Å². The van der Waals surface area contributed by atoms with E-state index in [9.17, 15) is 14.6 Å². The molecule has 0 aliphatic heterocycles. The lowest BCUT2D eigenvalue weighted by Crippen LogP contribution is -2.34. The number of thiophene rings is 1. The zero-order chi connectivity index (χ0) is 20.5. The molecule has 3 aromatic heterocycles. The van der Waals surface area contributed by atoms with Crippen LogP contribution in [0.15, 0.2) is 17.5 Å². The molecule has 0 amide bonds. The van der Waals surface area contributed by atoms with E-state index in [2.05, 4.69) is 27.2 Å². The van der Waals surface area contributed by atoms with Crippen LogP contribution in [0.2, 0.25) is 5.28 Å². The van der Waals surface area contributed by atoms with Gasteiger partial charge in [0.05, 0.1) is 11.0 Å². The van der Waals surface area contributed by atoms with Crippen LogP contribution in [0.4, 0.5) is 10.2 Å². The van der Waals surface area contributed by atoms with Crippen LogP contribution < -0.4 is 5.32 Å². The molecule has 1 atom stereocenters. The third-order valence-corrected chi connectivity index (χ3v) is 5.45. The predicted octanol–water partition coefficient (Wildman–Crippen LogP) is 3.62. The van der Waals surface area contributed by atoms with Crippen molar-refractivity contribution >= 4 is 34.3 Å². The second kappa shape index (κ2) is 8.05. The molecule has 0 aliphatic rings. The summed E-state index contributed by atoms with van der Waals surface area (Å²) in [6.07, 6.45) is -0.167. The molecule has 3 N–H and O–H groups in total. The smallest absolute Gasteiger partial charge is 0.283 e. The number of fused-ring (bicyclic) bond motifs is 1. The van der Waals surface area contributed by atoms with Crippen LogP contribution in [0, 0.1) is 18.8 Å². The maximum atomic E-state index is 13.4. The van der Waals surface area contributed by atoms with Gasteiger partial charge in [-0.15, -0.1) is 16.4 Å². The first-order valence-electron chi connectivity index (χ1n) is 8.66. The molecule has 1 unspecified atom stereocenters. The van der Waals surface area contributed by atoms with Crippen LogP contribution in [-0.2, 0) is 12.3 Å². The number of aliphatic hydroxyl groups is 2. The third kappa shape index (κ3) is 3.98. The highest BCUT2D eigenvalue weighted by atomic mass is 35.5. The number of alkyl halides is 1. The Kier molecular flexibility index (Phi) is 5.91. The maximum Gasteiger partial charge on any atom is 0.283 e. The Hall–Kier alpha value is -2.18. The zero-order valence-electron chi connectivity index (χ0n) is 15.6. The van der Waals surface area contributed by atoms with E-state index in [-0.39, 0.29) is 11.1 Å². The van der Waals surface area contributed by atoms with Crippen molar-refractivity contribution in [3.63, 3.8) is 0 Å². The average molecular weight is 423 g/mol. The molecule has 28 heavy (non-hydrogen) atoms. The van der Waals surface area contributed by atoms with Gasteiger partial charge >= 0.3 is 0 Å². The second-order valence-corrected chi connectivity index (χ2v) is 7.70. The Morgan fingerprint density at radius 3 is 2.82 bits per heavy atom. The van der Waals surface area contributed by atoms with Crippen LogP contribution in [0.5, 0.6) is 0 Å². The molecule has 0 fully saturated rings. The summed E-state index contributed by atoms with van der Waals surface area (Å²) in [5.74, 6) is 3.65. The van der Waals surface area contributed by atoms with Gasteiger partial charge in [-0.25, -0.2) is 8.91 Å². The zero-order valence-corrected chi connectivity index (χ0v) is 17.2. The molecule has 0 saturated carbocycles. The Morgan fingerprint density at radius 1 is 1.46 bits per heavy atom. The second-order valence-electron chi connectivity index (χ2n) is 6.41. The highest BCUT2D eigenvalue weighted by molar-refractivity contribution is 7.10. The van der Waals surface area contributed by atoms with Gasteiger partial charge < -0.3 is 15.5 Å². The normalized spacial score (nSPS) is 12.7. The monoisotopic (exact) mass is 422 g/mol. The number of hydrogen-bond acceptors (Lipinski definition) is 6. The summed E-state index contributed by atoms with van der Waals surface area (Å²) >= 11 is 7.27. The minimum Gasteiger partial charge on any atom is -0.344 e. The van der Waals surface area contributed by atoms with E-state index >= 15 is 0 Å². The molecule has 0 spiro atoms. The van der Waals surface area contributed by atoms with Crippen molar-refractivity contribution in [1.82, 2.24) is 14.6 Å². The first-order chi connectivity index (χ1) is 13.2. The lowest BCUT2D eigenvalue weighted by atomic mass is 10.0. The topological polar surface area (TPSA) is 82.7 Å². The van der Waals surface area contributed by atoms with Gasteiger partial charge in [-0.05, 0) is 73.7 Å². The first kappa shape index (κ1) is 20.6. The Bertz CT molecular complexity index is 1050. The Labute approximate surface area is 171 Å². The van der Waals surface area contributed by atoms with Crippen molar-refractivity contribution in [2.45, 2.75) is 45.7 Å². The molecular formula is C19H20ClFN4O2S. The molecule has 148 valence electrons. The fourth-order valence-electron chi connectivity index (χ4n) is 3.03. The molecule has 0 bridgehead atoms. The lowest BCUT2D eigenvalue weighted by molar-refractivity contribution is -0.140. The molecule has 0 radical (unpaired) electrons. The number of aromatic nitrogens is 3. The van der Waals surface area contributed by atoms with E-state index in [0.29, 0.717) is 28.9 Å². The van der Waals surface area contributed by atoms with Crippen LogP contribution in [-0.4, -0.2) is 31.0 Å². The van der Waals surface area contributed by atoms with Crippen LogP contribution in [0.3, 0.4) is 0 Å². The lowest BCUT2D eigenvalue weighted by Gasteiger charge is -2.22. The molecule has 3 rings (SSSR count). The first-order valence-corrected chi connectivity index (χ1v) is 9.91. The average Bonchev–Trinajstić information content (AvgIpc) is 3.22. The highest BCUT2D eigenvalue weighted by Crippen LogP contribution is 2.32. The summed E-state index contributed by atoms with van der Waals surface area (Å²) < 4.78 is 15.0. The van der Waals surface area contributed by atoms with E-state index in [0.717, 1.165) is 11.1 Å². The van der Waals surface area contributed by atoms with Crippen molar-refractivity contribution in [3.8, 4) is 11.8 Å². The minimum atomic E-state index is -2.34. The Balaban J connectivity index is 2.18. The standard InChI is InChI=1S/C19H20ClFN4O2S/c1-4-6-14-13(9-8-11(2)21)12(3)16-17(22-18(20)24-25(14)16)23-19(26,27)15-7-5-10-28-15/h5,7,10-11,26-27H,8-9H2,1-3H3,(H,22,23,24). The van der Waals surface area contributed by atoms with Gasteiger partial charge in [0.1, 0.15) is 11.2 Å². The molecule has 3 aromatic rings. The molecule has 9 heteroatoms. The van der Waals surface area contributed by atoms with Crippen molar-refractivity contribution in [1.29, 1.82) is 0 Å². The summed E-state index contributed by atoms with van der Waals surface area (Å²) in [4.78, 5) is 4.45. The van der Waals surface area contributed by atoms with Crippen molar-refractivity contribution in [3.05, 3.63) is 44.5 Å². The molecule has 0 aliphatic carbocycles. The number of anilines is 1. The molecular weight excluding hydrogens is 403 g/mol. The fraction of sp³-hybridized carbons (Fsp3) is 0.368. The van der Waals surface area contributed by atoms with Crippen LogP contribution in [0.25, 0.3) is 5.52 Å². The number of nitrogens with zero attached hydrogens (tertiary/aromatic N) is 3. The maximum absolute atomic E-state index is 13.4. The predicted molar refractivity (Wildman–Crippen MR) is 108 cm³/mol. The Morgan fingerprint density at radius 2 is 2.21 bits per heavy atom. The number of aryl methyl sites for hydroxylation is 1. The summed E-state index contributed by atoms with van der Waals surface area (Å²) in [6, 6.07) is 3.30. The van der Waals surface area contributed by atoms with E-state index in [1.807, 2.05) is 6.92 Å². The summed E-state index contributed by atoms with van der Waals surface area (Å²) in [5, 5.41) is 29.5. The largest absolute Gasteiger partial charge is 0.344 e. The van der Waals surface area contributed by atoms with Gasteiger partial charge in [0.2, 0.25) is 5.28 Å². The highest BCUT2D eigenvalue weighted by Gasteiger charge is 2.30. The van der Waals surface area contributed by atoms with E-state index in [4.69, 9.17) is 11.6 Å². The molecule has 0 saturated heterocycles. The third-order valence-electron chi connectivity index (χ3n) is 4.32. The number of halogens is 2.